The van der Waals surface area contributed by atoms with Crippen LogP contribution in [-0.2, 0) is 14.8 Å². The second kappa shape index (κ2) is 8.23. The van der Waals surface area contributed by atoms with Gasteiger partial charge in [0.05, 0.1) is 5.69 Å². The summed E-state index contributed by atoms with van der Waals surface area (Å²) in [6, 6.07) is 8.91. The predicted molar refractivity (Wildman–Crippen MR) is 113 cm³/mol. The van der Waals surface area contributed by atoms with E-state index in [1.54, 1.807) is 39.8 Å². The van der Waals surface area contributed by atoms with Gasteiger partial charge in [0.2, 0.25) is 0 Å². The maximum atomic E-state index is 14.3. The third-order valence-corrected chi connectivity index (χ3v) is 6.26. The maximum absolute atomic E-state index is 14.3. The Kier molecular flexibility index (Phi) is 6.05. The topological polar surface area (TPSA) is 78.3 Å². The maximum Gasteiger partial charge on any atom is 0.372 e. The highest BCUT2D eigenvalue weighted by molar-refractivity contribution is 8.13. The fourth-order valence-corrected chi connectivity index (χ4v) is 4.98. The van der Waals surface area contributed by atoms with Crippen LogP contribution < -0.4 is 0 Å². The van der Waals surface area contributed by atoms with E-state index in [9.17, 15) is 17.6 Å². The number of aryl methyl sites for hydroxylation is 1. The molecule has 0 amide bonds. The average Bonchev–Trinajstić information content (AvgIpc) is 3.03. The highest BCUT2D eigenvalue weighted by Gasteiger charge is 2.24. The highest BCUT2D eigenvalue weighted by atomic mass is 32.2. The Morgan fingerprint density at radius 1 is 1.17 bits per heavy atom. The van der Waals surface area contributed by atoms with Crippen LogP contribution in [0.2, 0.25) is 0 Å². The van der Waals surface area contributed by atoms with Gasteiger partial charge in [-0.1, -0.05) is 12.1 Å². The first-order valence-corrected chi connectivity index (χ1v) is 11.3. The van der Waals surface area contributed by atoms with Crippen LogP contribution in [0.1, 0.15) is 26.3 Å². The van der Waals surface area contributed by atoms with E-state index in [2.05, 4.69) is 4.98 Å². The summed E-state index contributed by atoms with van der Waals surface area (Å²) in [6.45, 7) is 6.94. The van der Waals surface area contributed by atoms with Crippen molar-refractivity contribution in [3.05, 3.63) is 66.4 Å². The molecule has 0 saturated heterocycles. The van der Waals surface area contributed by atoms with E-state index < -0.39 is 26.7 Å². The molecule has 0 aliphatic rings. The van der Waals surface area contributed by atoms with Gasteiger partial charge in [-0.05, 0) is 69.3 Å². The SMILES string of the molecule is Cc1cc(-c2ccccc2F)n(S(=O)(=O)c2cncc(SC(=O)OC(C)(C)C)c2)c1. The van der Waals surface area contributed by atoms with Gasteiger partial charge in [0.25, 0.3) is 10.0 Å². The molecular formula is C21H21FN2O4S2. The highest BCUT2D eigenvalue weighted by Crippen LogP contribution is 2.30. The van der Waals surface area contributed by atoms with Crippen LogP contribution in [0, 0.1) is 12.7 Å². The molecule has 3 aromatic rings. The van der Waals surface area contributed by atoms with E-state index >= 15 is 0 Å². The van der Waals surface area contributed by atoms with Gasteiger partial charge in [-0.15, -0.1) is 0 Å². The second-order valence-electron chi connectivity index (χ2n) is 7.61. The first-order valence-electron chi connectivity index (χ1n) is 9.03. The van der Waals surface area contributed by atoms with Crippen LogP contribution in [0.5, 0.6) is 0 Å². The van der Waals surface area contributed by atoms with Gasteiger partial charge in [0.15, 0.2) is 0 Å². The summed E-state index contributed by atoms with van der Waals surface area (Å²) >= 11 is 0.747. The van der Waals surface area contributed by atoms with Crippen molar-refractivity contribution in [3.8, 4) is 11.3 Å². The number of hydrogen-bond acceptors (Lipinski definition) is 6. The molecule has 1 aromatic carbocycles. The third kappa shape index (κ3) is 4.91. The standard InChI is InChI=1S/C21H21FN2O4S2/c1-14-9-19(17-7-5-6-8-18(17)22)24(13-14)30(26,27)16-10-15(11-23-12-16)29-20(25)28-21(2,3)4/h5-13H,1-4H3. The van der Waals surface area contributed by atoms with Crippen molar-refractivity contribution in [2.75, 3.05) is 0 Å². The predicted octanol–water partition coefficient (Wildman–Crippen LogP) is 5.26. The lowest BCUT2D eigenvalue weighted by Gasteiger charge is -2.18. The lowest BCUT2D eigenvalue weighted by molar-refractivity contribution is 0.0738. The third-order valence-electron chi connectivity index (χ3n) is 3.91. The molecule has 2 aromatic heterocycles. The quantitative estimate of drug-likeness (QED) is 0.400. The Balaban J connectivity index is 2.00. The number of benzene rings is 1. The first-order chi connectivity index (χ1) is 14.0. The summed E-state index contributed by atoms with van der Waals surface area (Å²) in [7, 11) is -4.09. The number of aromatic nitrogens is 2. The van der Waals surface area contributed by atoms with Gasteiger partial charge in [0.1, 0.15) is 16.3 Å². The van der Waals surface area contributed by atoms with E-state index in [-0.39, 0.29) is 16.2 Å². The summed E-state index contributed by atoms with van der Waals surface area (Å²) in [4.78, 5) is 16.2. The lowest BCUT2D eigenvalue weighted by Crippen LogP contribution is -2.21. The van der Waals surface area contributed by atoms with Crippen molar-refractivity contribution < 1.29 is 22.3 Å². The van der Waals surface area contributed by atoms with E-state index in [1.165, 1.54) is 42.9 Å². The number of carbonyl (C=O) groups excluding carboxylic acids is 1. The van der Waals surface area contributed by atoms with E-state index in [1.807, 2.05) is 0 Å². The molecule has 0 N–H and O–H groups in total. The minimum Gasteiger partial charge on any atom is -0.452 e. The van der Waals surface area contributed by atoms with Crippen molar-refractivity contribution >= 4 is 27.1 Å². The zero-order valence-corrected chi connectivity index (χ0v) is 18.6. The zero-order chi connectivity index (χ0) is 22.1. The lowest BCUT2D eigenvalue weighted by atomic mass is 10.1. The molecule has 0 aliphatic carbocycles. The number of pyridine rings is 1. The first kappa shape index (κ1) is 22.0. The van der Waals surface area contributed by atoms with Gasteiger partial charge in [-0.25, -0.2) is 21.6 Å². The van der Waals surface area contributed by atoms with Crippen LogP contribution in [-0.4, -0.2) is 28.3 Å². The molecule has 6 nitrogen and oxygen atoms in total. The van der Waals surface area contributed by atoms with Gasteiger partial charge in [-0.3, -0.25) is 4.98 Å². The number of hydrogen-bond donors (Lipinski definition) is 0. The van der Waals surface area contributed by atoms with Crippen LogP contribution in [0.25, 0.3) is 11.3 Å². The number of thioether (sulfide) groups is 1. The number of rotatable bonds is 4. The number of ether oxygens (including phenoxy) is 1. The number of halogens is 1. The summed E-state index contributed by atoms with van der Waals surface area (Å²) in [5, 5.41) is -0.567. The normalized spacial score (nSPS) is 12.0. The molecule has 3 rings (SSSR count). The molecule has 0 spiro atoms. The average molecular weight is 449 g/mol. The molecule has 0 fully saturated rings. The van der Waals surface area contributed by atoms with Crippen LogP contribution in [0.15, 0.2) is 64.8 Å². The Morgan fingerprint density at radius 2 is 1.87 bits per heavy atom. The molecule has 9 heteroatoms. The van der Waals surface area contributed by atoms with Crippen molar-refractivity contribution in [1.82, 2.24) is 8.96 Å². The summed E-state index contributed by atoms with van der Waals surface area (Å²) < 4.78 is 47.2. The van der Waals surface area contributed by atoms with Crippen molar-refractivity contribution in [2.24, 2.45) is 0 Å². The van der Waals surface area contributed by atoms with Crippen LogP contribution in [0.3, 0.4) is 0 Å². The summed E-state index contributed by atoms with van der Waals surface area (Å²) in [5.41, 5.74) is 0.361. The van der Waals surface area contributed by atoms with E-state index in [0.717, 1.165) is 15.7 Å². The number of nitrogens with zero attached hydrogens (tertiary/aromatic N) is 2. The smallest absolute Gasteiger partial charge is 0.372 e. The molecule has 2 heterocycles. The Labute approximate surface area is 179 Å². The number of carbonyl (C=O) groups is 1. The van der Waals surface area contributed by atoms with Gasteiger partial charge < -0.3 is 4.74 Å². The van der Waals surface area contributed by atoms with Crippen LogP contribution in [0.4, 0.5) is 9.18 Å². The minimum absolute atomic E-state index is 0.121. The minimum atomic E-state index is -4.09. The molecule has 0 unspecified atom stereocenters. The Morgan fingerprint density at radius 3 is 2.53 bits per heavy atom. The molecular weight excluding hydrogens is 427 g/mol. The van der Waals surface area contributed by atoms with Crippen molar-refractivity contribution in [3.63, 3.8) is 0 Å². The molecule has 0 bridgehead atoms. The molecule has 30 heavy (non-hydrogen) atoms. The fourth-order valence-electron chi connectivity index (χ4n) is 2.71. The van der Waals surface area contributed by atoms with Crippen molar-refractivity contribution in [1.29, 1.82) is 0 Å². The molecule has 158 valence electrons. The Bertz CT molecular complexity index is 1200. The van der Waals surface area contributed by atoms with Crippen molar-refractivity contribution in [2.45, 2.75) is 43.1 Å². The van der Waals surface area contributed by atoms with Gasteiger partial charge >= 0.3 is 5.30 Å². The van der Waals surface area contributed by atoms with Crippen LogP contribution >= 0.6 is 11.8 Å². The van der Waals surface area contributed by atoms with Gasteiger partial charge in [0, 0.05) is 29.0 Å². The monoisotopic (exact) mass is 448 g/mol. The Hall–Kier alpha value is -2.65. The zero-order valence-electron chi connectivity index (χ0n) is 16.9. The second-order valence-corrected chi connectivity index (χ2v) is 10.4. The molecule has 0 saturated carbocycles. The molecule has 0 atom stereocenters. The summed E-state index contributed by atoms with van der Waals surface area (Å²) in [5.74, 6) is -0.528. The summed E-state index contributed by atoms with van der Waals surface area (Å²) in [6.07, 6.45) is 3.99. The van der Waals surface area contributed by atoms with Gasteiger partial charge in [-0.2, -0.15) is 0 Å². The van der Waals surface area contributed by atoms with E-state index in [4.69, 9.17) is 4.74 Å². The largest absolute Gasteiger partial charge is 0.452 e. The molecule has 0 aliphatic heterocycles. The molecule has 0 radical (unpaired) electrons. The van der Waals surface area contributed by atoms with E-state index in [0.29, 0.717) is 10.5 Å². The fraction of sp³-hybridized carbons (Fsp3) is 0.238.